The van der Waals surface area contributed by atoms with E-state index in [2.05, 4.69) is 31.7 Å². The quantitative estimate of drug-likeness (QED) is 0.849. The van der Waals surface area contributed by atoms with E-state index in [0.29, 0.717) is 17.3 Å². The number of anilines is 3. The van der Waals surface area contributed by atoms with Gasteiger partial charge in [-0.2, -0.15) is 5.26 Å². The molecule has 0 aromatic carbocycles. The van der Waals surface area contributed by atoms with Gasteiger partial charge < -0.3 is 10.6 Å². The maximum absolute atomic E-state index is 9.19. The van der Waals surface area contributed by atoms with Crippen molar-refractivity contribution < 1.29 is 0 Å². The molecule has 0 aliphatic carbocycles. The number of nitriles is 1. The van der Waals surface area contributed by atoms with Crippen molar-refractivity contribution in [1.29, 1.82) is 5.26 Å². The molecule has 2 N–H and O–H groups in total. The summed E-state index contributed by atoms with van der Waals surface area (Å²) < 4.78 is 0. The Morgan fingerprint density at radius 1 is 1.22 bits per heavy atom. The summed E-state index contributed by atoms with van der Waals surface area (Å²) in [6.07, 6.45) is 4.87. The molecule has 0 bridgehead atoms. The first kappa shape index (κ1) is 11.8. The summed E-state index contributed by atoms with van der Waals surface area (Å²) in [5.41, 5.74) is 1.19. The predicted octanol–water partition coefficient (Wildman–Crippen LogP) is 1.92. The van der Waals surface area contributed by atoms with Crippen molar-refractivity contribution in [2.75, 3.05) is 17.2 Å². The van der Waals surface area contributed by atoms with Crippen LogP contribution in [0, 0.1) is 11.3 Å². The molecule has 2 aromatic rings. The molecule has 0 spiro atoms. The highest BCUT2D eigenvalue weighted by molar-refractivity contribution is 5.70. The van der Waals surface area contributed by atoms with Crippen molar-refractivity contribution >= 4 is 17.5 Å². The lowest BCUT2D eigenvalue weighted by molar-refractivity contribution is 1.14. The minimum absolute atomic E-state index is 0.412. The first-order valence-electron chi connectivity index (χ1n) is 5.52. The summed E-state index contributed by atoms with van der Waals surface area (Å²) in [6.45, 7) is 2.70. The fourth-order valence-electron chi connectivity index (χ4n) is 1.48. The smallest absolute Gasteiger partial charge is 0.228 e. The van der Waals surface area contributed by atoms with Crippen molar-refractivity contribution in [3.63, 3.8) is 0 Å². The number of nitrogens with zero attached hydrogens (tertiary/aromatic N) is 4. The first-order chi connectivity index (χ1) is 8.85. The zero-order valence-electron chi connectivity index (χ0n) is 9.88. The first-order valence-corrected chi connectivity index (χ1v) is 5.52. The number of hydrogen-bond acceptors (Lipinski definition) is 6. The summed E-state index contributed by atoms with van der Waals surface area (Å²) >= 11 is 0. The lowest BCUT2D eigenvalue weighted by atomic mass is 10.2. The number of rotatable bonds is 4. The Bertz CT molecular complexity index is 561. The maximum Gasteiger partial charge on any atom is 0.228 e. The summed E-state index contributed by atoms with van der Waals surface area (Å²) in [5, 5.41) is 15.2. The highest BCUT2D eigenvalue weighted by atomic mass is 15.1. The molecule has 18 heavy (non-hydrogen) atoms. The Labute approximate surface area is 105 Å². The van der Waals surface area contributed by atoms with Crippen LogP contribution < -0.4 is 10.6 Å². The van der Waals surface area contributed by atoms with E-state index in [4.69, 9.17) is 0 Å². The molecular weight excluding hydrogens is 228 g/mol. The molecule has 0 unspecified atom stereocenters. The molecular formula is C12H12N6. The average molecular weight is 240 g/mol. The second-order valence-corrected chi connectivity index (χ2v) is 3.42. The van der Waals surface area contributed by atoms with Gasteiger partial charge in [0.05, 0.1) is 5.69 Å². The van der Waals surface area contributed by atoms with Crippen LogP contribution in [0.25, 0.3) is 0 Å². The van der Waals surface area contributed by atoms with Gasteiger partial charge in [-0.05, 0) is 19.1 Å². The second-order valence-electron chi connectivity index (χ2n) is 3.42. The van der Waals surface area contributed by atoms with Crippen molar-refractivity contribution in [3.8, 4) is 6.07 Å². The molecule has 0 fully saturated rings. The molecule has 2 heterocycles. The largest absolute Gasteiger partial charge is 0.384 e. The van der Waals surface area contributed by atoms with E-state index in [1.165, 1.54) is 0 Å². The fraction of sp³-hybridized carbons (Fsp3) is 0.167. The average Bonchev–Trinajstić information content (AvgIpc) is 2.41. The van der Waals surface area contributed by atoms with Crippen LogP contribution >= 0.6 is 0 Å². The van der Waals surface area contributed by atoms with Gasteiger partial charge in [0.2, 0.25) is 5.95 Å². The van der Waals surface area contributed by atoms with Crippen molar-refractivity contribution in [2.45, 2.75) is 6.92 Å². The molecule has 6 heteroatoms. The van der Waals surface area contributed by atoms with Gasteiger partial charge in [-0.1, -0.05) is 0 Å². The zero-order valence-corrected chi connectivity index (χ0v) is 9.88. The molecule has 0 radical (unpaired) electrons. The van der Waals surface area contributed by atoms with Crippen LogP contribution in [0.1, 0.15) is 12.5 Å². The molecule has 0 aliphatic heterocycles. The molecule has 2 rings (SSSR count). The Hall–Kier alpha value is -2.68. The number of nitrogens with one attached hydrogen (secondary N) is 2. The van der Waals surface area contributed by atoms with E-state index >= 15 is 0 Å². The van der Waals surface area contributed by atoms with E-state index in [-0.39, 0.29) is 0 Å². The van der Waals surface area contributed by atoms with Gasteiger partial charge in [0.1, 0.15) is 11.6 Å². The number of pyridine rings is 1. The standard InChI is InChI=1S/C12H12N6/c1-2-14-10-4-7-15-11(9(10)8-13)18-12-16-5-3-6-17-12/h3-7H,2H2,1H3,(H2,14,15,16,17,18). The topological polar surface area (TPSA) is 86.5 Å². The summed E-state index contributed by atoms with van der Waals surface area (Å²) in [4.78, 5) is 12.2. The molecule has 0 saturated heterocycles. The molecule has 0 atom stereocenters. The van der Waals surface area contributed by atoms with E-state index < -0.39 is 0 Å². The van der Waals surface area contributed by atoms with Crippen LogP contribution in [0.15, 0.2) is 30.7 Å². The minimum atomic E-state index is 0.412. The van der Waals surface area contributed by atoms with Crippen LogP contribution in [-0.2, 0) is 0 Å². The van der Waals surface area contributed by atoms with Crippen LogP contribution in [0.3, 0.4) is 0 Å². The maximum atomic E-state index is 9.19. The lowest BCUT2D eigenvalue weighted by Gasteiger charge is -2.09. The Morgan fingerprint density at radius 3 is 2.67 bits per heavy atom. The van der Waals surface area contributed by atoms with E-state index in [9.17, 15) is 5.26 Å². The zero-order chi connectivity index (χ0) is 12.8. The van der Waals surface area contributed by atoms with Gasteiger partial charge in [-0.3, -0.25) is 0 Å². The third-order valence-electron chi connectivity index (χ3n) is 2.23. The summed E-state index contributed by atoms with van der Waals surface area (Å²) in [7, 11) is 0. The van der Waals surface area contributed by atoms with Gasteiger partial charge in [-0.25, -0.2) is 15.0 Å². The van der Waals surface area contributed by atoms with Crippen LogP contribution in [0.2, 0.25) is 0 Å². The highest BCUT2D eigenvalue weighted by Crippen LogP contribution is 2.22. The third-order valence-corrected chi connectivity index (χ3v) is 2.23. The lowest BCUT2D eigenvalue weighted by Crippen LogP contribution is -2.05. The molecule has 2 aromatic heterocycles. The fourth-order valence-corrected chi connectivity index (χ4v) is 1.48. The molecule has 6 nitrogen and oxygen atoms in total. The van der Waals surface area contributed by atoms with E-state index in [1.54, 1.807) is 30.7 Å². The van der Waals surface area contributed by atoms with E-state index in [0.717, 1.165) is 12.2 Å². The Morgan fingerprint density at radius 2 is 2.00 bits per heavy atom. The van der Waals surface area contributed by atoms with Gasteiger partial charge in [0.15, 0.2) is 5.82 Å². The van der Waals surface area contributed by atoms with Gasteiger partial charge in [-0.15, -0.1) is 0 Å². The molecule has 0 aliphatic rings. The van der Waals surface area contributed by atoms with E-state index in [1.807, 2.05) is 6.92 Å². The third kappa shape index (κ3) is 2.52. The Balaban J connectivity index is 2.34. The van der Waals surface area contributed by atoms with Gasteiger partial charge in [0.25, 0.3) is 0 Å². The monoisotopic (exact) mass is 240 g/mol. The van der Waals surface area contributed by atoms with Crippen LogP contribution in [-0.4, -0.2) is 21.5 Å². The second kappa shape index (κ2) is 5.59. The summed E-state index contributed by atoms with van der Waals surface area (Å²) in [5.74, 6) is 0.859. The van der Waals surface area contributed by atoms with Crippen LogP contribution in [0.5, 0.6) is 0 Å². The van der Waals surface area contributed by atoms with Gasteiger partial charge >= 0.3 is 0 Å². The normalized spacial score (nSPS) is 9.56. The molecule has 0 amide bonds. The number of hydrogen-bond donors (Lipinski definition) is 2. The predicted molar refractivity (Wildman–Crippen MR) is 68.4 cm³/mol. The van der Waals surface area contributed by atoms with Crippen molar-refractivity contribution in [2.24, 2.45) is 0 Å². The molecule has 90 valence electrons. The summed E-state index contributed by atoms with van der Waals surface area (Å²) in [6, 6.07) is 5.61. The minimum Gasteiger partial charge on any atom is -0.384 e. The highest BCUT2D eigenvalue weighted by Gasteiger charge is 2.09. The SMILES string of the molecule is CCNc1ccnc(Nc2ncccn2)c1C#N. The Kier molecular flexibility index (Phi) is 3.66. The van der Waals surface area contributed by atoms with Crippen molar-refractivity contribution in [3.05, 3.63) is 36.3 Å². The van der Waals surface area contributed by atoms with Gasteiger partial charge in [0, 0.05) is 25.1 Å². The number of aromatic nitrogens is 3. The molecule has 0 saturated carbocycles. The van der Waals surface area contributed by atoms with Crippen LogP contribution in [0.4, 0.5) is 17.5 Å². The van der Waals surface area contributed by atoms with Crippen molar-refractivity contribution in [1.82, 2.24) is 15.0 Å².